The Morgan fingerprint density at radius 3 is 1.95 bits per heavy atom. The van der Waals surface area contributed by atoms with Gasteiger partial charge in [-0.05, 0) is 86.7 Å². The van der Waals surface area contributed by atoms with Crippen molar-refractivity contribution in [1.82, 2.24) is 9.97 Å². The molecule has 2 aromatic rings. The van der Waals surface area contributed by atoms with Crippen LogP contribution in [-0.2, 0) is 0 Å². The van der Waals surface area contributed by atoms with Gasteiger partial charge in [0.1, 0.15) is 0 Å². The molecule has 4 rings (SSSR count). The minimum atomic E-state index is -0.0783. The summed E-state index contributed by atoms with van der Waals surface area (Å²) in [6.07, 6.45) is 28.3. The Morgan fingerprint density at radius 1 is 0.718 bits per heavy atom. The van der Waals surface area contributed by atoms with Crippen molar-refractivity contribution in [2.24, 2.45) is 11.3 Å². The Balaban J connectivity index is 1.24. The van der Waals surface area contributed by atoms with Crippen LogP contribution in [0, 0.1) is 22.7 Å². The summed E-state index contributed by atoms with van der Waals surface area (Å²) in [5.41, 5.74) is 3.77. The van der Waals surface area contributed by atoms with Gasteiger partial charge in [0.25, 0.3) is 0 Å². The normalized spacial score (nSPS) is 25.3. The van der Waals surface area contributed by atoms with Crippen LogP contribution in [0.4, 0.5) is 0 Å². The molecule has 2 aliphatic rings. The molecule has 1 heterocycles. The summed E-state index contributed by atoms with van der Waals surface area (Å²) in [7, 11) is 0. The number of aromatic nitrogens is 2. The third kappa shape index (κ3) is 8.64. The first-order chi connectivity index (χ1) is 19.2. The van der Waals surface area contributed by atoms with E-state index >= 15 is 0 Å². The van der Waals surface area contributed by atoms with Crippen molar-refractivity contribution >= 4 is 0 Å². The molecular weight excluding hydrogens is 474 g/mol. The van der Waals surface area contributed by atoms with Crippen molar-refractivity contribution in [2.75, 3.05) is 0 Å². The lowest BCUT2D eigenvalue weighted by Crippen LogP contribution is -2.25. The Bertz CT molecular complexity index is 987. The van der Waals surface area contributed by atoms with Crippen molar-refractivity contribution in [3.05, 3.63) is 47.8 Å². The minimum Gasteiger partial charge on any atom is -0.236 e. The fraction of sp³-hybridized carbons (Fsp3) is 0.694. The Morgan fingerprint density at radius 2 is 1.31 bits per heavy atom. The quantitative estimate of drug-likeness (QED) is 0.229. The molecule has 0 spiro atoms. The highest BCUT2D eigenvalue weighted by molar-refractivity contribution is 5.55. The van der Waals surface area contributed by atoms with E-state index < -0.39 is 0 Å². The summed E-state index contributed by atoms with van der Waals surface area (Å²) >= 11 is 0. The first-order valence-corrected chi connectivity index (χ1v) is 16.5. The number of hydrogen-bond donors (Lipinski definition) is 0. The van der Waals surface area contributed by atoms with Crippen molar-refractivity contribution in [3.8, 4) is 17.5 Å². The molecule has 0 N–H and O–H groups in total. The van der Waals surface area contributed by atoms with Gasteiger partial charge in [0.15, 0.2) is 5.82 Å². The molecule has 0 radical (unpaired) electrons. The first-order valence-electron chi connectivity index (χ1n) is 16.5. The van der Waals surface area contributed by atoms with Gasteiger partial charge in [-0.15, -0.1) is 0 Å². The van der Waals surface area contributed by atoms with Gasteiger partial charge < -0.3 is 0 Å². The second-order valence-electron chi connectivity index (χ2n) is 12.9. The summed E-state index contributed by atoms with van der Waals surface area (Å²) in [6.45, 7) is 4.56. The molecule has 0 unspecified atom stereocenters. The molecule has 3 heteroatoms. The molecule has 0 bridgehead atoms. The number of benzene rings is 1. The van der Waals surface area contributed by atoms with Crippen molar-refractivity contribution < 1.29 is 0 Å². The molecule has 1 aromatic heterocycles. The van der Waals surface area contributed by atoms with Crippen LogP contribution >= 0.6 is 0 Å². The van der Waals surface area contributed by atoms with Gasteiger partial charge in [-0.3, -0.25) is 0 Å². The molecule has 1 aromatic carbocycles. The summed E-state index contributed by atoms with van der Waals surface area (Å²) in [5.74, 6) is 2.99. The molecule has 39 heavy (non-hydrogen) atoms. The highest BCUT2D eigenvalue weighted by atomic mass is 14.9. The molecule has 0 saturated heterocycles. The third-order valence-electron chi connectivity index (χ3n) is 10.0. The summed E-state index contributed by atoms with van der Waals surface area (Å²) in [6, 6.07) is 11.7. The summed E-state index contributed by atoms with van der Waals surface area (Å²) in [5, 5.41) is 9.99. The Labute approximate surface area is 239 Å². The van der Waals surface area contributed by atoms with E-state index in [1.807, 2.05) is 0 Å². The average molecular weight is 528 g/mol. The molecule has 0 atom stereocenters. The second-order valence-corrected chi connectivity index (χ2v) is 12.9. The maximum absolute atomic E-state index is 9.99. The van der Waals surface area contributed by atoms with Gasteiger partial charge in [0.2, 0.25) is 0 Å². The lowest BCUT2D eigenvalue weighted by molar-refractivity contribution is 0.223. The van der Waals surface area contributed by atoms with Crippen molar-refractivity contribution in [1.29, 1.82) is 5.26 Å². The van der Waals surface area contributed by atoms with E-state index in [4.69, 9.17) is 9.97 Å². The van der Waals surface area contributed by atoms with Crippen molar-refractivity contribution in [2.45, 2.75) is 148 Å². The van der Waals surface area contributed by atoms with E-state index in [0.29, 0.717) is 11.8 Å². The first kappa shape index (κ1) is 29.8. The minimum absolute atomic E-state index is 0.0783. The van der Waals surface area contributed by atoms with E-state index in [1.54, 1.807) is 0 Å². The number of rotatable bonds is 14. The monoisotopic (exact) mass is 527 g/mol. The van der Waals surface area contributed by atoms with Crippen LogP contribution < -0.4 is 0 Å². The Kier molecular flexibility index (Phi) is 11.9. The highest BCUT2D eigenvalue weighted by Crippen LogP contribution is 2.46. The predicted octanol–water partition coefficient (Wildman–Crippen LogP) is 10.9. The van der Waals surface area contributed by atoms with Gasteiger partial charge in [0.05, 0.1) is 11.5 Å². The number of nitriles is 1. The highest BCUT2D eigenvalue weighted by Gasteiger charge is 2.35. The van der Waals surface area contributed by atoms with E-state index in [-0.39, 0.29) is 5.41 Å². The van der Waals surface area contributed by atoms with Gasteiger partial charge in [-0.2, -0.15) is 5.26 Å². The molecule has 2 aliphatic carbocycles. The fourth-order valence-corrected chi connectivity index (χ4v) is 7.23. The number of nitrogens with zero attached hydrogens (tertiary/aromatic N) is 3. The van der Waals surface area contributed by atoms with Crippen LogP contribution in [0.3, 0.4) is 0 Å². The lowest BCUT2D eigenvalue weighted by Gasteiger charge is -2.35. The standard InChI is InChI=1S/C36H53N3/c1-3-5-7-8-9-11-23-36(28-37)24-21-32(22-25-36)30-17-19-33(20-18-30)35-38-26-34(27-39-35)31-15-13-29(14-16-31)12-10-6-4-2/h17-20,26-27,29,31-32H,3-16,21-25H2,1-2H3. The maximum atomic E-state index is 9.99. The SMILES string of the molecule is CCCCCCCCC1(C#N)CCC(c2ccc(-c3ncc(C4CCC(CCCCC)CC4)cn3)cc2)CC1. The fourth-order valence-electron chi connectivity index (χ4n) is 7.23. The molecule has 2 saturated carbocycles. The van der Waals surface area contributed by atoms with E-state index in [9.17, 15) is 5.26 Å². The third-order valence-corrected chi connectivity index (χ3v) is 10.0. The molecule has 212 valence electrons. The maximum Gasteiger partial charge on any atom is 0.159 e. The largest absolute Gasteiger partial charge is 0.236 e. The Hall–Kier alpha value is -2.21. The summed E-state index contributed by atoms with van der Waals surface area (Å²) in [4.78, 5) is 9.56. The predicted molar refractivity (Wildman–Crippen MR) is 164 cm³/mol. The zero-order valence-corrected chi connectivity index (χ0v) is 25.0. The van der Waals surface area contributed by atoms with E-state index in [1.165, 1.54) is 101 Å². The lowest BCUT2D eigenvalue weighted by atomic mass is 9.67. The molecule has 0 aliphatic heterocycles. The van der Waals surface area contributed by atoms with Crippen molar-refractivity contribution in [3.63, 3.8) is 0 Å². The molecule has 0 amide bonds. The van der Waals surface area contributed by atoms with Crippen LogP contribution in [0.5, 0.6) is 0 Å². The van der Waals surface area contributed by atoms with Crippen LogP contribution in [-0.4, -0.2) is 9.97 Å². The van der Waals surface area contributed by atoms with Crippen LogP contribution in [0.1, 0.15) is 159 Å². The smallest absolute Gasteiger partial charge is 0.159 e. The van der Waals surface area contributed by atoms with Gasteiger partial charge in [0, 0.05) is 18.0 Å². The van der Waals surface area contributed by atoms with Gasteiger partial charge in [-0.1, -0.05) is 102 Å². The molecule has 3 nitrogen and oxygen atoms in total. The molecular formula is C36H53N3. The van der Waals surface area contributed by atoms with Gasteiger partial charge in [-0.25, -0.2) is 9.97 Å². The topological polar surface area (TPSA) is 49.6 Å². The molecule has 2 fully saturated rings. The van der Waals surface area contributed by atoms with Crippen LogP contribution in [0.2, 0.25) is 0 Å². The average Bonchev–Trinajstić information content (AvgIpc) is 3.00. The van der Waals surface area contributed by atoms with E-state index in [0.717, 1.165) is 49.4 Å². The zero-order chi connectivity index (χ0) is 27.3. The van der Waals surface area contributed by atoms with Gasteiger partial charge >= 0.3 is 0 Å². The summed E-state index contributed by atoms with van der Waals surface area (Å²) < 4.78 is 0. The second kappa shape index (κ2) is 15.5. The van der Waals surface area contributed by atoms with Crippen LogP contribution in [0.25, 0.3) is 11.4 Å². The number of unbranched alkanes of at least 4 members (excludes halogenated alkanes) is 7. The number of hydrogen-bond acceptors (Lipinski definition) is 3. The zero-order valence-electron chi connectivity index (χ0n) is 25.0. The van der Waals surface area contributed by atoms with E-state index in [2.05, 4.69) is 56.6 Å². The van der Waals surface area contributed by atoms with Crippen LogP contribution in [0.15, 0.2) is 36.7 Å².